The number of hydrogen-bond donors (Lipinski definition) is 1. The average Bonchev–Trinajstić information content (AvgIpc) is 2.84. The number of ether oxygens (including phenoxy) is 1. The Morgan fingerprint density at radius 1 is 1.41 bits per heavy atom. The minimum atomic E-state index is -0.0341. The zero-order valence-electron chi connectivity index (χ0n) is 12.3. The van der Waals surface area contributed by atoms with Gasteiger partial charge in [0.05, 0.1) is 17.2 Å². The third-order valence-corrected chi connectivity index (χ3v) is 4.96. The van der Waals surface area contributed by atoms with Crippen LogP contribution in [0.4, 0.5) is 0 Å². The van der Waals surface area contributed by atoms with Crippen LogP contribution < -0.4 is 5.32 Å². The van der Waals surface area contributed by atoms with Gasteiger partial charge in [0, 0.05) is 34.7 Å². The normalized spacial score (nSPS) is 26.5. The number of nitrogens with zero attached hydrogens (tertiary/aromatic N) is 1. The van der Waals surface area contributed by atoms with Crippen LogP contribution in [0, 0.1) is 12.8 Å². The van der Waals surface area contributed by atoms with Crippen LogP contribution in [0.25, 0.3) is 10.9 Å². The molecule has 1 aromatic heterocycles. The van der Waals surface area contributed by atoms with E-state index in [9.17, 15) is 4.79 Å². The second-order valence-corrected chi connectivity index (χ2v) is 6.59. The fourth-order valence-electron chi connectivity index (χ4n) is 3.53. The third kappa shape index (κ3) is 2.27. The Kier molecular flexibility index (Phi) is 3.31. The van der Waals surface area contributed by atoms with E-state index in [4.69, 9.17) is 16.3 Å². The number of nitrogens with one attached hydrogen (secondary N) is 1. The third-order valence-electron chi connectivity index (χ3n) is 4.72. The van der Waals surface area contributed by atoms with Crippen molar-refractivity contribution >= 4 is 28.4 Å². The van der Waals surface area contributed by atoms with E-state index in [1.165, 1.54) is 0 Å². The number of amides is 1. The molecule has 1 amide bonds. The number of fused-ring (bicyclic) bond motifs is 2. The summed E-state index contributed by atoms with van der Waals surface area (Å²) in [5.41, 5.74) is 2.24. The van der Waals surface area contributed by atoms with Crippen LogP contribution in [0.2, 0.25) is 5.02 Å². The fraction of sp³-hybridized carbons (Fsp3) is 0.412. The molecule has 0 unspecified atom stereocenters. The van der Waals surface area contributed by atoms with E-state index < -0.39 is 0 Å². The second kappa shape index (κ2) is 5.21. The molecule has 0 bridgehead atoms. The SMILES string of the molecule is Cc1cc(C(=O)N[C@@H]2C[C@@H]3OCC[C@@H]32)c2ccc(Cl)cc2n1. The second-order valence-electron chi connectivity index (χ2n) is 6.15. The van der Waals surface area contributed by atoms with Crippen molar-refractivity contribution in [2.75, 3.05) is 6.61 Å². The van der Waals surface area contributed by atoms with Crippen LogP contribution in [-0.2, 0) is 4.74 Å². The van der Waals surface area contributed by atoms with Crippen LogP contribution in [0.1, 0.15) is 28.9 Å². The highest BCUT2D eigenvalue weighted by Crippen LogP contribution is 2.38. The maximum atomic E-state index is 12.7. The summed E-state index contributed by atoms with van der Waals surface area (Å²) < 4.78 is 5.60. The number of halogens is 1. The topological polar surface area (TPSA) is 51.2 Å². The standard InChI is InChI=1S/C17H17ClN2O2/c1-9-6-13(11-3-2-10(18)7-14(11)19-9)17(21)20-15-8-16-12(15)4-5-22-16/h2-3,6-7,12,15-16H,4-5,8H2,1H3,(H,20,21)/t12-,15-,16+/m1/s1. The van der Waals surface area contributed by atoms with E-state index in [1.54, 1.807) is 12.1 Å². The minimum Gasteiger partial charge on any atom is -0.378 e. The summed E-state index contributed by atoms with van der Waals surface area (Å²) >= 11 is 6.03. The van der Waals surface area contributed by atoms with Crippen LogP contribution in [-0.4, -0.2) is 29.6 Å². The van der Waals surface area contributed by atoms with E-state index >= 15 is 0 Å². The monoisotopic (exact) mass is 316 g/mol. The predicted octanol–water partition coefficient (Wildman–Crippen LogP) is 3.10. The molecule has 1 saturated carbocycles. The van der Waals surface area contributed by atoms with E-state index in [-0.39, 0.29) is 11.9 Å². The molecule has 1 saturated heterocycles. The zero-order chi connectivity index (χ0) is 15.3. The summed E-state index contributed by atoms with van der Waals surface area (Å²) in [5, 5.41) is 4.62. The van der Waals surface area contributed by atoms with Gasteiger partial charge in [-0.05, 0) is 38.0 Å². The van der Waals surface area contributed by atoms with Gasteiger partial charge in [0.15, 0.2) is 0 Å². The molecule has 5 heteroatoms. The summed E-state index contributed by atoms with van der Waals surface area (Å²) in [4.78, 5) is 17.1. The quantitative estimate of drug-likeness (QED) is 0.926. The number of carbonyl (C=O) groups excluding carboxylic acids is 1. The van der Waals surface area contributed by atoms with Gasteiger partial charge in [-0.1, -0.05) is 17.7 Å². The highest BCUT2D eigenvalue weighted by molar-refractivity contribution is 6.31. The molecule has 2 aromatic rings. The first-order chi connectivity index (χ1) is 10.6. The number of rotatable bonds is 2. The van der Waals surface area contributed by atoms with Gasteiger partial charge in [0.2, 0.25) is 0 Å². The molecule has 22 heavy (non-hydrogen) atoms. The first-order valence-electron chi connectivity index (χ1n) is 7.61. The van der Waals surface area contributed by atoms with Crippen molar-refractivity contribution in [3.8, 4) is 0 Å². The fourth-order valence-corrected chi connectivity index (χ4v) is 3.70. The van der Waals surface area contributed by atoms with E-state index in [0.29, 0.717) is 22.6 Å². The molecule has 1 N–H and O–H groups in total. The first kappa shape index (κ1) is 14.0. The van der Waals surface area contributed by atoms with Gasteiger partial charge in [-0.2, -0.15) is 0 Å². The van der Waals surface area contributed by atoms with Crippen LogP contribution in [0.3, 0.4) is 0 Å². The highest BCUT2D eigenvalue weighted by Gasteiger charge is 2.45. The number of carbonyl (C=O) groups is 1. The van der Waals surface area contributed by atoms with E-state index in [2.05, 4.69) is 10.3 Å². The molecule has 114 valence electrons. The molecule has 1 aliphatic heterocycles. The van der Waals surface area contributed by atoms with E-state index in [0.717, 1.165) is 36.0 Å². The molecule has 2 fully saturated rings. The predicted molar refractivity (Wildman–Crippen MR) is 85.2 cm³/mol. The largest absolute Gasteiger partial charge is 0.378 e. The van der Waals surface area contributed by atoms with Crippen LogP contribution >= 0.6 is 11.6 Å². The molecule has 3 atom stereocenters. The van der Waals surface area contributed by atoms with Gasteiger partial charge in [-0.3, -0.25) is 9.78 Å². The molecule has 4 rings (SSSR count). The lowest BCUT2D eigenvalue weighted by Crippen LogP contribution is -2.53. The number of aromatic nitrogens is 1. The van der Waals surface area contributed by atoms with Crippen molar-refractivity contribution in [3.05, 3.63) is 40.5 Å². The van der Waals surface area contributed by atoms with Crippen molar-refractivity contribution in [1.29, 1.82) is 0 Å². The molecule has 0 radical (unpaired) electrons. The molecule has 1 aliphatic carbocycles. The molecule has 4 nitrogen and oxygen atoms in total. The van der Waals surface area contributed by atoms with Gasteiger partial charge in [-0.15, -0.1) is 0 Å². The zero-order valence-corrected chi connectivity index (χ0v) is 13.1. The summed E-state index contributed by atoms with van der Waals surface area (Å²) in [5.74, 6) is 0.445. The Labute approximate surface area is 133 Å². The summed E-state index contributed by atoms with van der Waals surface area (Å²) in [6.07, 6.45) is 2.31. The van der Waals surface area contributed by atoms with Crippen molar-refractivity contribution in [3.63, 3.8) is 0 Å². The number of aryl methyl sites for hydroxylation is 1. The van der Waals surface area contributed by atoms with E-state index in [1.807, 2.05) is 19.1 Å². The summed E-state index contributed by atoms with van der Waals surface area (Å²) in [6, 6.07) is 7.52. The lowest BCUT2D eigenvalue weighted by molar-refractivity contribution is 0.00812. The van der Waals surface area contributed by atoms with Gasteiger partial charge in [-0.25, -0.2) is 0 Å². The molecular weight excluding hydrogens is 300 g/mol. The van der Waals surface area contributed by atoms with Crippen molar-refractivity contribution < 1.29 is 9.53 Å². The number of pyridine rings is 1. The Balaban J connectivity index is 1.64. The Hall–Kier alpha value is -1.65. The molecule has 2 heterocycles. The molecule has 0 spiro atoms. The average molecular weight is 317 g/mol. The van der Waals surface area contributed by atoms with Gasteiger partial charge in [0.1, 0.15) is 0 Å². The number of hydrogen-bond acceptors (Lipinski definition) is 3. The Bertz CT molecular complexity index is 756. The van der Waals surface area contributed by atoms with Crippen molar-refractivity contribution in [1.82, 2.24) is 10.3 Å². The van der Waals surface area contributed by atoms with Gasteiger partial charge in [0.25, 0.3) is 5.91 Å². The number of benzene rings is 1. The van der Waals surface area contributed by atoms with Crippen molar-refractivity contribution in [2.45, 2.75) is 31.9 Å². The van der Waals surface area contributed by atoms with Crippen molar-refractivity contribution in [2.24, 2.45) is 5.92 Å². The first-order valence-corrected chi connectivity index (χ1v) is 7.99. The molecule has 1 aromatic carbocycles. The maximum Gasteiger partial charge on any atom is 0.252 e. The Morgan fingerprint density at radius 2 is 2.27 bits per heavy atom. The van der Waals surface area contributed by atoms with Crippen LogP contribution in [0.5, 0.6) is 0 Å². The molecular formula is C17H17ClN2O2. The van der Waals surface area contributed by atoms with Gasteiger partial charge >= 0.3 is 0 Å². The summed E-state index contributed by atoms with van der Waals surface area (Å²) in [7, 11) is 0. The maximum absolute atomic E-state index is 12.7. The lowest BCUT2D eigenvalue weighted by Gasteiger charge is -2.39. The molecule has 2 aliphatic rings. The van der Waals surface area contributed by atoms with Crippen LogP contribution in [0.15, 0.2) is 24.3 Å². The van der Waals surface area contributed by atoms with Gasteiger partial charge < -0.3 is 10.1 Å². The lowest BCUT2D eigenvalue weighted by atomic mass is 9.76. The highest BCUT2D eigenvalue weighted by atomic mass is 35.5. The Morgan fingerprint density at radius 3 is 3.09 bits per heavy atom. The minimum absolute atomic E-state index is 0.0341. The summed E-state index contributed by atoms with van der Waals surface area (Å²) in [6.45, 7) is 2.71. The smallest absolute Gasteiger partial charge is 0.252 e.